The average Bonchev–Trinajstić information content (AvgIpc) is 3.15. The molecule has 1 aliphatic rings. The summed E-state index contributed by atoms with van der Waals surface area (Å²) in [5, 5.41) is 4.19. The summed E-state index contributed by atoms with van der Waals surface area (Å²) in [5.74, 6) is -0.422. The lowest BCUT2D eigenvalue weighted by Crippen LogP contribution is -2.39. The molecule has 0 aliphatic carbocycles. The van der Waals surface area contributed by atoms with E-state index in [0.717, 1.165) is 29.0 Å². The van der Waals surface area contributed by atoms with Crippen LogP contribution in [0.1, 0.15) is 42.5 Å². The maximum absolute atomic E-state index is 13.0. The van der Waals surface area contributed by atoms with Gasteiger partial charge in [-0.1, -0.05) is 55.4 Å². The van der Waals surface area contributed by atoms with Gasteiger partial charge in [0, 0.05) is 24.4 Å². The minimum atomic E-state index is -4.42. The summed E-state index contributed by atoms with van der Waals surface area (Å²) in [5.41, 5.74) is 2.60. The first-order valence-electron chi connectivity index (χ1n) is 9.88. The van der Waals surface area contributed by atoms with E-state index in [1.807, 2.05) is 31.2 Å². The van der Waals surface area contributed by atoms with E-state index >= 15 is 0 Å². The van der Waals surface area contributed by atoms with E-state index < -0.39 is 11.7 Å². The molecule has 0 spiro atoms. The maximum Gasteiger partial charge on any atom is 0.416 e. The summed E-state index contributed by atoms with van der Waals surface area (Å²) in [6, 6.07) is 12.9. The Balaban J connectivity index is 1.73. The smallest absolute Gasteiger partial charge is 0.390 e. The molecule has 0 radical (unpaired) electrons. The molecule has 1 atom stereocenters. The standard InChI is InChI=1S/C23H25F3N2O2/c1-15(2)22(29)28(13-17-8-6-9-18(11-17)23(24,25)26)14-19-12-21(27-30-19)20-10-5-4-7-16(20)3/h4-11,15,19H,12-14H2,1-3H3. The molecule has 0 fully saturated rings. The predicted molar refractivity (Wildman–Crippen MR) is 109 cm³/mol. The fourth-order valence-corrected chi connectivity index (χ4v) is 3.49. The van der Waals surface area contributed by atoms with E-state index in [1.165, 1.54) is 6.07 Å². The molecule has 1 aliphatic heterocycles. The third-order valence-electron chi connectivity index (χ3n) is 5.05. The Bertz CT molecular complexity index is 938. The predicted octanol–water partition coefficient (Wildman–Crippen LogP) is 5.19. The Hall–Kier alpha value is -2.83. The highest BCUT2D eigenvalue weighted by atomic mass is 19.4. The molecule has 3 rings (SSSR count). The van der Waals surface area contributed by atoms with Gasteiger partial charge in [0.1, 0.15) is 0 Å². The largest absolute Gasteiger partial charge is 0.416 e. The number of alkyl halides is 3. The summed E-state index contributed by atoms with van der Waals surface area (Å²) < 4.78 is 39.1. The zero-order valence-corrected chi connectivity index (χ0v) is 17.2. The van der Waals surface area contributed by atoms with Crippen LogP contribution in [0.4, 0.5) is 13.2 Å². The molecule has 0 N–H and O–H groups in total. The van der Waals surface area contributed by atoms with Crippen LogP contribution in [0.3, 0.4) is 0 Å². The number of carbonyl (C=O) groups excluding carboxylic acids is 1. The molecule has 1 amide bonds. The number of oxime groups is 1. The van der Waals surface area contributed by atoms with Gasteiger partial charge in [-0.05, 0) is 30.2 Å². The van der Waals surface area contributed by atoms with Gasteiger partial charge in [0.05, 0.1) is 17.8 Å². The highest BCUT2D eigenvalue weighted by Crippen LogP contribution is 2.30. The van der Waals surface area contributed by atoms with Crippen LogP contribution in [0.5, 0.6) is 0 Å². The quantitative estimate of drug-likeness (QED) is 0.648. The first-order chi connectivity index (χ1) is 14.1. The SMILES string of the molecule is Cc1ccccc1C1=NOC(CN(Cc2cccc(C(F)(F)F)c2)C(=O)C(C)C)C1. The van der Waals surface area contributed by atoms with Gasteiger partial charge in [0.25, 0.3) is 0 Å². The number of hydrogen-bond donors (Lipinski definition) is 0. The van der Waals surface area contributed by atoms with Crippen LogP contribution in [-0.4, -0.2) is 29.2 Å². The number of aryl methyl sites for hydroxylation is 1. The lowest BCUT2D eigenvalue weighted by atomic mass is 10.00. The Morgan fingerprint density at radius 3 is 2.60 bits per heavy atom. The van der Waals surface area contributed by atoms with Crippen molar-refractivity contribution in [1.82, 2.24) is 4.90 Å². The van der Waals surface area contributed by atoms with Crippen LogP contribution in [0.15, 0.2) is 53.7 Å². The van der Waals surface area contributed by atoms with Crippen molar-refractivity contribution < 1.29 is 22.8 Å². The molecule has 0 saturated heterocycles. The van der Waals surface area contributed by atoms with Crippen molar-refractivity contribution in [3.8, 4) is 0 Å². The van der Waals surface area contributed by atoms with Crippen molar-refractivity contribution in [2.24, 2.45) is 11.1 Å². The van der Waals surface area contributed by atoms with Crippen molar-refractivity contribution in [2.45, 2.75) is 46.0 Å². The molecule has 0 aromatic heterocycles. The lowest BCUT2D eigenvalue weighted by Gasteiger charge is -2.27. The van der Waals surface area contributed by atoms with Gasteiger partial charge in [-0.3, -0.25) is 4.79 Å². The fraction of sp³-hybridized carbons (Fsp3) is 0.391. The molecule has 4 nitrogen and oxygen atoms in total. The molecule has 1 unspecified atom stereocenters. The van der Waals surface area contributed by atoms with Gasteiger partial charge in [-0.2, -0.15) is 13.2 Å². The Morgan fingerprint density at radius 1 is 1.20 bits per heavy atom. The topological polar surface area (TPSA) is 41.9 Å². The number of amides is 1. The van der Waals surface area contributed by atoms with Crippen molar-refractivity contribution >= 4 is 11.6 Å². The summed E-state index contributed by atoms with van der Waals surface area (Å²) in [4.78, 5) is 19.9. The summed E-state index contributed by atoms with van der Waals surface area (Å²) in [7, 11) is 0. The normalized spacial score (nSPS) is 16.4. The second-order valence-electron chi connectivity index (χ2n) is 7.86. The van der Waals surface area contributed by atoms with Gasteiger partial charge < -0.3 is 9.74 Å². The zero-order valence-electron chi connectivity index (χ0n) is 17.2. The zero-order chi connectivity index (χ0) is 21.9. The van der Waals surface area contributed by atoms with Gasteiger partial charge in [0.2, 0.25) is 5.91 Å². The third kappa shape index (κ3) is 5.20. The van der Waals surface area contributed by atoms with Crippen molar-refractivity contribution in [2.75, 3.05) is 6.54 Å². The number of halogens is 3. The maximum atomic E-state index is 13.0. The summed E-state index contributed by atoms with van der Waals surface area (Å²) in [6.45, 7) is 5.87. The summed E-state index contributed by atoms with van der Waals surface area (Å²) in [6.07, 6.45) is -4.23. The molecular formula is C23H25F3N2O2. The van der Waals surface area contributed by atoms with Crippen LogP contribution in [0.25, 0.3) is 0 Å². The second kappa shape index (κ2) is 8.90. The minimum Gasteiger partial charge on any atom is -0.390 e. The number of rotatable bonds is 6. The highest BCUT2D eigenvalue weighted by Gasteiger charge is 2.31. The van der Waals surface area contributed by atoms with Crippen LogP contribution in [0, 0.1) is 12.8 Å². The Morgan fingerprint density at radius 2 is 1.93 bits per heavy atom. The Kier molecular flexibility index (Phi) is 6.48. The fourth-order valence-electron chi connectivity index (χ4n) is 3.49. The first kappa shape index (κ1) is 21.9. The number of carbonyl (C=O) groups is 1. The van der Waals surface area contributed by atoms with E-state index in [-0.39, 0.29) is 31.0 Å². The number of nitrogens with zero attached hydrogens (tertiary/aromatic N) is 2. The van der Waals surface area contributed by atoms with Crippen molar-refractivity contribution in [1.29, 1.82) is 0 Å². The van der Waals surface area contributed by atoms with Gasteiger partial charge in [-0.25, -0.2) is 0 Å². The average molecular weight is 418 g/mol. The minimum absolute atomic E-state index is 0.0838. The molecule has 7 heteroatoms. The van der Waals surface area contributed by atoms with E-state index in [2.05, 4.69) is 5.16 Å². The monoisotopic (exact) mass is 418 g/mol. The van der Waals surface area contributed by atoms with Gasteiger partial charge in [0.15, 0.2) is 6.10 Å². The van der Waals surface area contributed by atoms with Gasteiger partial charge >= 0.3 is 6.18 Å². The molecule has 0 bridgehead atoms. The lowest BCUT2D eigenvalue weighted by molar-refractivity contribution is -0.137. The van der Waals surface area contributed by atoms with Crippen LogP contribution < -0.4 is 0 Å². The molecule has 30 heavy (non-hydrogen) atoms. The van der Waals surface area contributed by atoms with E-state index in [9.17, 15) is 18.0 Å². The van der Waals surface area contributed by atoms with Crippen LogP contribution in [-0.2, 0) is 22.4 Å². The van der Waals surface area contributed by atoms with Gasteiger partial charge in [-0.15, -0.1) is 0 Å². The van der Waals surface area contributed by atoms with E-state index in [0.29, 0.717) is 12.0 Å². The molecule has 2 aromatic rings. The summed E-state index contributed by atoms with van der Waals surface area (Å²) >= 11 is 0. The molecule has 2 aromatic carbocycles. The first-order valence-corrected chi connectivity index (χ1v) is 9.88. The number of benzene rings is 2. The molecule has 0 saturated carbocycles. The van der Waals surface area contributed by atoms with E-state index in [1.54, 1.807) is 24.8 Å². The number of hydrogen-bond acceptors (Lipinski definition) is 3. The van der Waals surface area contributed by atoms with Crippen molar-refractivity contribution in [3.05, 3.63) is 70.8 Å². The Labute approximate surface area is 174 Å². The molecule has 160 valence electrons. The molecule has 1 heterocycles. The molecular weight excluding hydrogens is 393 g/mol. The van der Waals surface area contributed by atoms with Crippen LogP contribution in [0.2, 0.25) is 0 Å². The van der Waals surface area contributed by atoms with Crippen LogP contribution >= 0.6 is 0 Å². The third-order valence-corrected chi connectivity index (χ3v) is 5.05. The van der Waals surface area contributed by atoms with E-state index in [4.69, 9.17) is 4.84 Å². The second-order valence-corrected chi connectivity index (χ2v) is 7.86. The highest BCUT2D eigenvalue weighted by molar-refractivity contribution is 6.02. The van der Waals surface area contributed by atoms with Crippen molar-refractivity contribution in [3.63, 3.8) is 0 Å².